The van der Waals surface area contributed by atoms with Crippen molar-refractivity contribution in [2.45, 2.75) is 44.1 Å². The molecule has 0 unspecified atom stereocenters. The van der Waals surface area contributed by atoms with Crippen molar-refractivity contribution in [3.05, 3.63) is 53.8 Å². The fraction of sp³-hybridized carbons (Fsp3) is 0.458. The number of halogens is 1. The van der Waals surface area contributed by atoms with Gasteiger partial charge in [-0.2, -0.15) is 0 Å². The zero-order valence-corrected chi connectivity index (χ0v) is 17.3. The van der Waals surface area contributed by atoms with Gasteiger partial charge in [0.2, 0.25) is 5.91 Å². The van der Waals surface area contributed by atoms with Crippen LogP contribution in [0, 0.1) is 11.7 Å². The molecular formula is C24H29FN2O3. The lowest BCUT2D eigenvalue weighted by Crippen LogP contribution is -2.43. The summed E-state index contributed by atoms with van der Waals surface area (Å²) in [6, 6.07) is 12.6. The summed E-state index contributed by atoms with van der Waals surface area (Å²) in [5, 5.41) is 6.09. The Morgan fingerprint density at radius 3 is 2.70 bits per heavy atom. The third-order valence-corrected chi connectivity index (χ3v) is 6.13. The minimum Gasteiger partial charge on any atom is -0.493 e. The molecule has 1 heterocycles. The molecule has 4 rings (SSSR count). The number of amides is 1. The lowest BCUT2D eigenvalue weighted by molar-refractivity contribution is -0.126. The summed E-state index contributed by atoms with van der Waals surface area (Å²) in [5.74, 6) is 1.15. The molecule has 2 N–H and O–H groups in total. The highest BCUT2D eigenvalue weighted by molar-refractivity contribution is 5.80. The zero-order valence-electron chi connectivity index (χ0n) is 17.3. The summed E-state index contributed by atoms with van der Waals surface area (Å²) in [6.45, 7) is 0.981. The Labute approximate surface area is 177 Å². The number of para-hydroxylation sites is 1. The molecule has 2 aromatic carbocycles. The van der Waals surface area contributed by atoms with Crippen LogP contribution < -0.4 is 20.1 Å². The molecular weight excluding hydrogens is 383 g/mol. The van der Waals surface area contributed by atoms with Gasteiger partial charge in [0.15, 0.2) is 11.5 Å². The van der Waals surface area contributed by atoms with Crippen LogP contribution in [0.25, 0.3) is 0 Å². The van der Waals surface area contributed by atoms with E-state index in [4.69, 9.17) is 9.47 Å². The number of anilines is 1. The van der Waals surface area contributed by atoms with E-state index in [9.17, 15) is 9.18 Å². The highest BCUT2D eigenvalue weighted by atomic mass is 19.1. The summed E-state index contributed by atoms with van der Waals surface area (Å²) >= 11 is 0. The first-order chi connectivity index (χ1) is 14.6. The Hall–Kier alpha value is -2.76. The van der Waals surface area contributed by atoms with Gasteiger partial charge in [-0.3, -0.25) is 4.79 Å². The van der Waals surface area contributed by atoms with Gasteiger partial charge in [-0.1, -0.05) is 18.2 Å². The van der Waals surface area contributed by atoms with E-state index in [-0.39, 0.29) is 29.7 Å². The average Bonchev–Trinajstić information content (AvgIpc) is 3.27. The third-order valence-electron chi connectivity index (χ3n) is 6.13. The molecule has 6 heteroatoms. The second kappa shape index (κ2) is 9.37. The molecule has 0 spiro atoms. The Bertz CT molecular complexity index is 883. The number of benzene rings is 2. The van der Waals surface area contributed by atoms with E-state index in [0.717, 1.165) is 29.9 Å². The van der Waals surface area contributed by atoms with Crippen molar-refractivity contribution in [2.75, 3.05) is 25.5 Å². The predicted molar refractivity (Wildman–Crippen MR) is 115 cm³/mol. The van der Waals surface area contributed by atoms with Gasteiger partial charge < -0.3 is 20.1 Å². The van der Waals surface area contributed by atoms with Crippen LogP contribution in [0.1, 0.15) is 43.6 Å². The molecule has 1 aliphatic carbocycles. The van der Waals surface area contributed by atoms with Gasteiger partial charge in [0.1, 0.15) is 5.82 Å². The molecule has 0 radical (unpaired) electrons. The smallest absolute Gasteiger partial charge is 0.224 e. The molecule has 0 aromatic heterocycles. The zero-order chi connectivity index (χ0) is 20.9. The van der Waals surface area contributed by atoms with E-state index in [1.165, 1.54) is 18.9 Å². The van der Waals surface area contributed by atoms with E-state index in [1.807, 2.05) is 12.1 Å². The summed E-state index contributed by atoms with van der Waals surface area (Å²) in [7, 11) is 1.65. The van der Waals surface area contributed by atoms with Gasteiger partial charge in [0.25, 0.3) is 0 Å². The number of carbonyl (C=O) groups is 1. The predicted octanol–water partition coefficient (Wildman–Crippen LogP) is 4.49. The largest absolute Gasteiger partial charge is 0.493 e. The molecule has 0 bridgehead atoms. The van der Waals surface area contributed by atoms with Gasteiger partial charge in [-0.25, -0.2) is 4.39 Å². The Morgan fingerprint density at radius 2 is 1.93 bits per heavy atom. The second-order valence-corrected chi connectivity index (χ2v) is 8.17. The first kappa shape index (κ1) is 20.5. The first-order valence-electron chi connectivity index (χ1n) is 10.7. The summed E-state index contributed by atoms with van der Waals surface area (Å²) in [6.07, 6.45) is 5.52. The molecule has 1 saturated carbocycles. The molecule has 2 aliphatic rings. The molecule has 160 valence electrons. The molecule has 2 aromatic rings. The quantitative estimate of drug-likeness (QED) is 0.704. The van der Waals surface area contributed by atoms with E-state index in [2.05, 4.69) is 16.7 Å². The fourth-order valence-corrected chi connectivity index (χ4v) is 4.39. The number of ether oxygens (including phenoxy) is 2. The van der Waals surface area contributed by atoms with Crippen LogP contribution in [-0.4, -0.2) is 32.2 Å². The Kier molecular flexibility index (Phi) is 6.41. The van der Waals surface area contributed by atoms with E-state index < -0.39 is 0 Å². The molecule has 1 saturated heterocycles. The number of piperidine rings is 1. The van der Waals surface area contributed by atoms with E-state index in [1.54, 1.807) is 25.3 Å². The SMILES string of the molecule is COc1ccc([C@H]2CNC(=O)[C@H](CNc3ccccc3F)C2)cc1OC1CCCC1. The van der Waals surface area contributed by atoms with Crippen LogP contribution in [0.2, 0.25) is 0 Å². The van der Waals surface area contributed by atoms with Crippen molar-refractivity contribution in [1.29, 1.82) is 0 Å². The number of hydrogen-bond acceptors (Lipinski definition) is 4. The molecule has 30 heavy (non-hydrogen) atoms. The average molecular weight is 413 g/mol. The molecule has 1 aliphatic heterocycles. The normalized spacial score (nSPS) is 21.9. The number of rotatable bonds is 7. The molecule has 2 atom stereocenters. The van der Waals surface area contributed by atoms with Crippen LogP contribution in [0.4, 0.5) is 10.1 Å². The maximum atomic E-state index is 13.9. The standard InChI is InChI=1S/C24H29FN2O3/c1-29-22-11-10-16(13-23(22)30-19-6-2-3-7-19)17-12-18(24(28)27-14-17)15-26-21-9-5-4-8-20(21)25/h4-5,8-11,13,17-19,26H,2-3,6-7,12,14-15H2,1H3,(H,27,28)/t17-,18+/m1/s1. The lowest BCUT2D eigenvalue weighted by atomic mass is 9.85. The topological polar surface area (TPSA) is 59.6 Å². The lowest BCUT2D eigenvalue weighted by Gasteiger charge is -2.30. The number of carbonyl (C=O) groups excluding carboxylic acids is 1. The summed E-state index contributed by atoms with van der Waals surface area (Å²) < 4.78 is 25.6. The fourth-order valence-electron chi connectivity index (χ4n) is 4.39. The van der Waals surface area contributed by atoms with Crippen molar-refractivity contribution in [3.8, 4) is 11.5 Å². The van der Waals surface area contributed by atoms with Crippen molar-refractivity contribution in [3.63, 3.8) is 0 Å². The number of hydrogen-bond donors (Lipinski definition) is 2. The van der Waals surface area contributed by atoms with Gasteiger partial charge >= 0.3 is 0 Å². The Morgan fingerprint density at radius 1 is 1.13 bits per heavy atom. The molecule has 1 amide bonds. The maximum absolute atomic E-state index is 13.9. The summed E-state index contributed by atoms with van der Waals surface area (Å²) in [5.41, 5.74) is 1.55. The first-order valence-corrected chi connectivity index (χ1v) is 10.7. The third kappa shape index (κ3) is 4.69. The van der Waals surface area contributed by atoms with Gasteiger partial charge in [0.05, 0.1) is 24.8 Å². The number of methoxy groups -OCH3 is 1. The van der Waals surface area contributed by atoms with Crippen LogP contribution >= 0.6 is 0 Å². The molecule has 2 fully saturated rings. The van der Waals surface area contributed by atoms with Crippen molar-refractivity contribution in [2.24, 2.45) is 5.92 Å². The van der Waals surface area contributed by atoms with Crippen molar-refractivity contribution in [1.82, 2.24) is 5.32 Å². The van der Waals surface area contributed by atoms with Gasteiger partial charge in [0, 0.05) is 19.0 Å². The van der Waals surface area contributed by atoms with Gasteiger partial charge in [-0.15, -0.1) is 0 Å². The van der Waals surface area contributed by atoms with Crippen LogP contribution in [0.3, 0.4) is 0 Å². The van der Waals surface area contributed by atoms with Crippen molar-refractivity contribution >= 4 is 11.6 Å². The minimum atomic E-state index is -0.311. The molecule has 5 nitrogen and oxygen atoms in total. The highest BCUT2D eigenvalue weighted by Crippen LogP contribution is 2.36. The summed E-state index contributed by atoms with van der Waals surface area (Å²) in [4.78, 5) is 12.4. The van der Waals surface area contributed by atoms with Crippen molar-refractivity contribution < 1.29 is 18.7 Å². The number of nitrogens with one attached hydrogen (secondary N) is 2. The van der Waals surface area contributed by atoms with Crippen LogP contribution in [0.5, 0.6) is 11.5 Å². The van der Waals surface area contributed by atoms with E-state index >= 15 is 0 Å². The van der Waals surface area contributed by atoms with Gasteiger partial charge in [-0.05, 0) is 61.9 Å². The van der Waals surface area contributed by atoms with Crippen LogP contribution in [-0.2, 0) is 4.79 Å². The van der Waals surface area contributed by atoms with E-state index in [0.29, 0.717) is 25.2 Å². The highest BCUT2D eigenvalue weighted by Gasteiger charge is 2.30. The minimum absolute atomic E-state index is 0.00558. The van der Waals surface area contributed by atoms with Crippen LogP contribution in [0.15, 0.2) is 42.5 Å². The monoisotopic (exact) mass is 412 g/mol. The second-order valence-electron chi connectivity index (χ2n) is 8.17. The Balaban J connectivity index is 1.45. The maximum Gasteiger partial charge on any atom is 0.224 e.